The first-order chi connectivity index (χ1) is 9.63. The number of ether oxygens (including phenoxy) is 1. The monoisotopic (exact) mass is 277 g/mol. The van der Waals surface area contributed by atoms with E-state index in [1.54, 1.807) is 13.2 Å². The van der Waals surface area contributed by atoms with E-state index in [0.29, 0.717) is 26.1 Å². The summed E-state index contributed by atoms with van der Waals surface area (Å²) in [5.41, 5.74) is 1.77. The fourth-order valence-electron chi connectivity index (χ4n) is 2.01. The van der Waals surface area contributed by atoms with Crippen molar-refractivity contribution in [3.05, 3.63) is 23.8 Å². The van der Waals surface area contributed by atoms with Crippen LogP contribution in [0.2, 0.25) is 0 Å². The molecule has 1 aromatic carbocycles. The van der Waals surface area contributed by atoms with E-state index in [1.165, 1.54) is 0 Å². The molecule has 2 N–H and O–H groups in total. The van der Waals surface area contributed by atoms with Crippen LogP contribution in [0.15, 0.2) is 18.2 Å². The average molecular weight is 277 g/mol. The molecule has 0 amide bonds. The van der Waals surface area contributed by atoms with E-state index in [2.05, 4.69) is 11.4 Å². The summed E-state index contributed by atoms with van der Waals surface area (Å²) in [6, 6.07) is 7.86. The lowest BCUT2D eigenvalue weighted by Crippen LogP contribution is -2.28. The third-order valence-corrected chi connectivity index (χ3v) is 3.34. The van der Waals surface area contributed by atoms with Gasteiger partial charge in [-0.15, -0.1) is 0 Å². The Morgan fingerprint density at radius 3 is 2.75 bits per heavy atom. The predicted octanol–water partition coefficient (Wildman–Crippen LogP) is 2.04. The predicted molar refractivity (Wildman–Crippen MR) is 79.9 cm³/mol. The third kappa shape index (κ3) is 4.41. The molecule has 0 heterocycles. The summed E-state index contributed by atoms with van der Waals surface area (Å²) in [4.78, 5) is 2.04. The van der Waals surface area contributed by atoms with Crippen molar-refractivity contribution in [2.24, 2.45) is 0 Å². The Bertz CT molecular complexity index is 457. The molecule has 0 aliphatic carbocycles. The van der Waals surface area contributed by atoms with Crippen molar-refractivity contribution in [3.8, 4) is 11.8 Å². The van der Waals surface area contributed by atoms with Crippen LogP contribution in [0.25, 0.3) is 0 Å². The summed E-state index contributed by atoms with van der Waals surface area (Å²) in [6.07, 6.45) is 0.444. The molecular weight excluding hydrogens is 254 g/mol. The van der Waals surface area contributed by atoms with E-state index in [-0.39, 0.29) is 11.8 Å². The molecule has 0 aromatic heterocycles. The number of hydrogen-bond acceptors (Lipinski definition) is 5. The minimum absolute atomic E-state index is 0.0931. The summed E-state index contributed by atoms with van der Waals surface area (Å²) in [5.74, 6) is 0.267. The lowest BCUT2D eigenvalue weighted by atomic mass is 10.1. The number of phenolic OH excluding ortho intramolecular Hbond substituents is 1. The molecule has 0 saturated carbocycles. The van der Waals surface area contributed by atoms with E-state index in [1.807, 2.05) is 31.0 Å². The standard InChI is InChI=1S/C15H23N3O2/c1-12(17-2)14-6-5-13(11-15(14)19)18(8-4-7-16)9-10-20-3/h5-6,11-12,17,19H,4,8-10H2,1-3H3. The van der Waals surface area contributed by atoms with Crippen molar-refractivity contribution in [1.82, 2.24) is 5.32 Å². The second-order valence-electron chi connectivity index (χ2n) is 4.64. The lowest BCUT2D eigenvalue weighted by molar-refractivity contribution is 0.205. The number of hydrogen-bond donors (Lipinski definition) is 2. The maximum Gasteiger partial charge on any atom is 0.122 e. The number of aromatic hydroxyl groups is 1. The highest BCUT2D eigenvalue weighted by Crippen LogP contribution is 2.29. The number of methoxy groups -OCH3 is 1. The molecule has 1 aromatic rings. The van der Waals surface area contributed by atoms with Gasteiger partial charge >= 0.3 is 0 Å². The van der Waals surface area contributed by atoms with Gasteiger partial charge in [0.05, 0.1) is 19.1 Å². The molecule has 0 radical (unpaired) electrons. The molecule has 0 fully saturated rings. The van der Waals surface area contributed by atoms with Crippen molar-refractivity contribution in [2.75, 3.05) is 38.8 Å². The first kappa shape index (κ1) is 16.3. The van der Waals surface area contributed by atoms with Crippen LogP contribution < -0.4 is 10.2 Å². The maximum absolute atomic E-state index is 10.1. The highest BCUT2D eigenvalue weighted by molar-refractivity contribution is 5.54. The van der Waals surface area contributed by atoms with Gasteiger partial charge in [-0.3, -0.25) is 0 Å². The summed E-state index contributed by atoms with van der Waals surface area (Å²) < 4.78 is 5.09. The molecule has 0 saturated heterocycles. The van der Waals surface area contributed by atoms with Crippen LogP contribution in [0.1, 0.15) is 24.9 Å². The zero-order chi connectivity index (χ0) is 15.0. The van der Waals surface area contributed by atoms with Gasteiger partial charge in [0.15, 0.2) is 0 Å². The van der Waals surface area contributed by atoms with Crippen molar-refractivity contribution < 1.29 is 9.84 Å². The van der Waals surface area contributed by atoms with Gasteiger partial charge in [0, 0.05) is 43.6 Å². The summed E-state index contributed by atoms with van der Waals surface area (Å²) in [5, 5.41) is 22.0. The number of benzene rings is 1. The van der Waals surface area contributed by atoms with Crippen LogP contribution in [0.3, 0.4) is 0 Å². The van der Waals surface area contributed by atoms with Crippen LogP contribution in [0, 0.1) is 11.3 Å². The first-order valence-electron chi connectivity index (χ1n) is 6.75. The minimum atomic E-state index is 0.0931. The molecule has 0 spiro atoms. The van der Waals surface area contributed by atoms with Crippen LogP contribution in [-0.2, 0) is 4.74 Å². The SMILES string of the molecule is CNC(C)c1ccc(N(CCC#N)CCOC)cc1O. The Balaban J connectivity index is 2.90. The Hall–Kier alpha value is -1.77. The molecule has 0 bridgehead atoms. The summed E-state index contributed by atoms with van der Waals surface area (Å²) >= 11 is 0. The maximum atomic E-state index is 10.1. The van der Waals surface area contributed by atoms with Crippen LogP contribution in [0.5, 0.6) is 5.75 Å². The molecule has 1 rings (SSSR count). The van der Waals surface area contributed by atoms with Crippen molar-refractivity contribution >= 4 is 5.69 Å². The summed E-state index contributed by atoms with van der Waals surface area (Å²) in [7, 11) is 3.51. The number of nitrogens with one attached hydrogen (secondary N) is 1. The summed E-state index contributed by atoms with van der Waals surface area (Å²) in [6.45, 7) is 3.90. The Morgan fingerprint density at radius 1 is 1.45 bits per heavy atom. The smallest absolute Gasteiger partial charge is 0.122 e. The second-order valence-corrected chi connectivity index (χ2v) is 4.64. The van der Waals surface area contributed by atoms with Crippen LogP contribution >= 0.6 is 0 Å². The van der Waals surface area contributed by atoms with Gasteiger partial charge in [-0.05, 0) is 20.0 Å². The van der Waals surface area contributed by atoms with Gasteiger partial charge in [0.25, 0.3) is 0 Å². The molecule has 0 aliphatic heterocycles. The van der Waals surface area contributed by atoms with Crippen LogP contribution in [0.4, 0.5) is 5.69 Å². The second kappa shape index (κ2) is 8.41. The highest BCUT2D eigenvalue weighted by atomic mass is 16.5. The Kier molecular flexibility index (Phi) is 6.85. The van der Waals surface area contributed by atoms with Crippen molar-refractivity contribution in [2.45, 2.75) is 19.4 Å². The van der Waals surface area contributed by atoms with E-state index >= 15 is 0 Å². The molecule has 20 heavy (non-hydrogen) atoms. The van der Waals surface area contributed by atoms with E-state index in [9.17, 15) is 5.11 Å². The zero-order valence-electron chi connectivity index (χ0n) is 12.4. The number of nitriles is 1. The highest BCUT2D eigenvalue weighted by Gasteiger charge is 2.12. The van der Waals surface area contributed by atoms with Gasteiger partial charge < -0.3 is 20.1 Å². The van der Waals surface area contributed by atoms with Crippen molar-refractivity contribution in [1.29, 1.82) is 5.26 Å². The fourth-order valence-corrected chi connectivity index (χ4v) is 2.01. The minimum Gasteiger partial charge on any atom is -0.508 e. The molecular formula is C15H23N3O2. The topological polar surface area (TPSA) is 68.5 Å². The largest absolute Gasteiger partial charge is 0.508 e. The van der Waals surface area contributed by atoms with Crippen molar-refractivity contribution in [3.63, 3.8) is 0 Å². The molecule has 0 aliphatic rings. The quantitative estimate of drug-likeness (QED) is 0.761. The number of phenols is 1. The lowest BCUT2D eigenvalue weighted by Gasteiger charge is -2.24. The van der Waals surface area contributed by atoms with E-state index in [0.717, 1.165) is 11.3 Å². The molecule has 5 heteroatoms. The Morgan fingerprint density at radius 2 is 2.20 bits per heavy atom. The van der Waals surface area contributed by atoms with Gasteiger partial charge in [-0.1, -0.05) is 6.07 Å². The van der Waals surface area contributed by atoms with Gasteiger partial charge in [0.1, 0.15) is 5.75 Å². The third-order valence-electron chi connectivity index (χ3n) is 3.34. The van der Waals surface area contributed by atoms with E-state index < -0.39 is 0 Å². The average Bonchev–Trinajstić information content (AvgIpc) is 2.46. The van der Waals surface area contributed by atoms with Gasteiger partial charge in [-0.25, -0.2) is 0 Å². The molecule has 5 nitrogen and oxygen atoms in total. The molecule has 110 valence electrons. The number of rotatable bonds is 8. The van der Waals surface area contributed by atoms with E-state index in [4.69, 9.17) is 10.00 Å². The van der Waals surface area contributed by atoms with Crippen LogP contribution in [-0.4, -0.2) is 39.0 Å². The molecule has 1 unspecified atom stereocenters. The zero-order valence-corrected chi connectivity index (χ0v) is 12.4. The fraction of sp³-hybridized carbons (Fsp3) is 0.533. The number of anilines is 1. The molecule has 1 atom stereocenters. The van der Waals surface area contributed by atoms with Gasteiger partial charge in [0.2, 0.25) is 0 Å². The Labute approximate surface area is 120 Å². The normalized spacial score (nSPS) is 11.9. The number of nitrogens with zero attached hydrogens (tertiary/aromatic N) is 2. The van der Waals surface area contributed by atoms with Gasteiger partial charge in [-0.2, -0.15) is 5.26 Å². The first-order valence-corrected chi connectivity index (χ1v) is 6.75.